The quantitative estimate of drug-likeness (QED) is 0.298. The van der Waals surface area contributed by atoms with E-state index in [-0.39, 0.29) is 17.2 Å². The van der Waals surface area contributed by atoms with Crippen molar-refractivity contribution in [3.05, 3.63) is 69.8 Å². The summed E-state index contributed by atoms with van der Waals surface area (Å²) in [6.45, 7) is -1.35. The number of carbonyl (C=O) groups is 1. The summed E-state index contributed by atoms with van der Waals surface area (Å²) in [4.78, 5) is 25.2. The molecule has 28 heavy (non-hydrogen) atoms. The summed E-state index contributed by atoms with van der Waals surface area (Å²) in [5, 5.41) is 11.4. The third-order valence-electron chi connectivity index (χ3n) is 4.43. The van der Waals surface area contributed by atoms with Crippen LogP contribution in [0.15, 0.2) is 48.5 Å². The molecule has 146 valence electrons. The van der Waals surface area contributed by atoms with Crippen LogP contribution in [0.25, 0.3) is 6.08 Å². The number of hydrogen-bond donors (Lipinski definition) is 0. The average molecular weight is 388 g/mol. The van der Waals surface area contributed by atoms with Crippen molar-refractivity contribution < 1.29 is 23.2 Å². The molecule has 0 unspecified atom stereocenters. The first kappa shape index (κ1) is 19.5. The Labute approximate surface area is 160 Å². The number of nitro groups is 1. The third-order valence-corrected chi connectivity index (χ3v) is 4.43. The molecule has 3 rings (SSSR count). The van der Waals surface area contributed by atoms with Gasteiger partial charge in [-0.1, -0.05) is 12.1 Å². The Bertz CT molecular complexity index is 892. The van der Waals surface area contributed by atoms with Gasteiger partial charge in [-0.2, -0.15) is 8.78 Å². The van der Waals surface area contributed by atoms with Crippen LogP contribution in [0, 0.1) is 10.1 Å². The molecule has 0 bridgehead atoms. The molecule has 1 aliphatic heterocycles. The number of carbonyl (C=O) groups excluding carboxylic acids is 1. The minimum atomic E-state index is -2.93. The van der Waals surface area contributed by atoms with Crippen molar-refractivity contribution in [2.24, 2.45) is 0 Å². The predicted molar refractivity (Wildman–Crippen MR) is 101 cm³/mol. The summed E-state index contributed by atoms with van der Waals surface area (Å²) in [5.41, 5.74) is 1.41. The summed E-state index contributed by atoms with van der Waals surface area (Å²) in [6.07, 6.45) is 4.80. The van der Waals surface area contributed by atoms with Crippen LogP contribution in [0.5, 0.6) is 5.75 Å². The lowest BCUT2D eigenvalue weighted by molar-refractivity contribution is -0.384. The first-order valence-corrected chi connectivity index (χ1v) is 8.75. The van der Waals surface area contributed by atoms with Gasteiger partial charge >= 0.3 is 6.61 Å². The largest absolute Gasteiger partial charge is 0.435 e. The van der Waals surface area contributed by atoms with Crippen molar-refractivity contribution in [3.63, 3.8) is 0 Å². The first-order chi connectivity index (χ1) is 13.4. The van der Waals surface area contributed by atoms with Gasteiger partial charge in [-0.15, -0.1) is 0 Å². The number of anilines is 1. The Hall–Kier alpha value is -3.29. The highest BCUT2D eigenvalue weighted by molar-refractivity contribution is 6.06. The minimum Gasteiger partial charge on any atom is -0.435 e. The van der Waals surface area contributed by atoms with E-state index < -0.39 is 11.5 Å². The second-order valence-corrected chi connectivity index (χ2v) is 6.30. The zero-order valence-corrected chi connectivity index (χ0v) is 14.9. The number of ketones is 1. The molecule has 0 N–H and O–H groups in total. The first-order valence-electron chi connectivity index (χ1n) is 8.75. The molecular formula is C20H18F2N2O4. The van der Waals surface area contributed by atoms with Crippen LogP contribution in [-0.2, 0) is 0 Å². The van der Waals surface area contributed by atoms with Crippen LogP contribution in [0.3, 0.4) is 0 Å². The number of allylic oxidation sites excluding steroid dienone is 1. The van der Waals surface area contributed by atoms with Crippen LogP contribution in [-0.4, -0.2) is 30.4 Å². The van der Waals surface area contributed by atoms with E-state index in [1.165, 1.54) is 42.5 Å². The molecule has 0 aromatic heterocycles. The lowest BCUT2D eigenvalue weighted by atomic mass is 10.1. The molecule has 1 heterocycles. The van der Waals surface area contributed by atoms with Gasteiger partial charge in [0, 0.05) is 24.7 Å². The molecule has 0 radical (unpaired) electrons. The molecule has 2 aromatic rings. The maximum Gasteiger partial charge on any atom is 0.387 e. The number of ether oxygens (including phenoxy) is 1. The van der Waals surface area contributed by atoms with Crippen molar-refractivity contribution in [2.45, 2.75) is 19.5 Å². The Morgan fingerprint density at radius 1 is 1.14 bits per heavy atom. The molecule has 1 saturated heterocycles. The number of rotatable bonds is 7. The number of halogens is 2. The normalized spacial score (nSPS) is 14.0. The molecule has 0 atom stereocenters. The van der Waals surface area contributed by atoms with Gasteiger partial charge in [-0.25, -0.2) is 0 Å². The van der Waals surface area contributed by atoms with E-state index in [0.29, 0.717) is 16.8 Å². The topological polar surface area (TPSA) is 72.7 Å². The van der Waals surface area contributed by atoms with Crippen LogP contribution in [0.4, 0.5) is 20.2 Å². The fourth-order valence-corrected chi connectivity index (χ4v) is 3.08. The van der Waals surface area contributed by atoms with Crippen molar-refractivity contribution in [2.75, 3.05) is 18.0 Å². The van der Waals surface area contributed by atoms with Gasteiger partial charge in [-0.05, 0) is 54.8 Å². The summed E-state index contributed by atoms with van der Waals surface area (Å²) in [6, 6.07) is 10.2. The summed E-state index contributed by atoms with van der Waals surface area (Å²) in [5.74, 6) is -0.390. The molecule has 1 aliphatic rings. The smallest absolute Gasteiger partial charge is 0.387 e. The highest BCUT2D eigenvalue weighted by Gasteiger charge is 2.22. The maximum absolute atomic E-state index is 12.2. The zero-order valence-electron chi connectivity index (χ0n) is 14.9. The molecule has 0 saturated carbocycles. The summed E-state index contributed by atoms with van der Waals surface area (Å²) >= 11 is 0. The van der Waals surface area contributed by atoms with Gasteiger partial charge in [0.2, 0.25) is 0 Å². The van der Waals surface area contributed by atoms with Crippen LogP contribution < -0.4 is 9.64 Å². The molecule has 2 aromatic carbocycles. The van der Waals surface area contributed by atoms with Gasteiger partial charge in [-0.3, -0.25) is 14.9 Å². The van der Waals surface area contributed by atoms with E-state index >= 15 is 0 Å². The number of nitro benzene ring substituents is 1. The van der Waals surface area contributed by atoms with Crippen molar-refractivity contribution in [1.82, 2.24) is 0 Å². The van der Waals surface area contributed by atoms with Gasteiger partial charge in [0.05, 0.1) is 4.92 Å². The maximum atomic E-state index is 12.2. The summed E-state index contributed by atoms with van der Waals surface area (Å²) in [7, 11) is 0. The molecule has 0 spiro atoms. The Morgan fingerprint density at radius 2 is 1.82 bits per heavy atom. The average Bonchev–Trinajstić information content (AvgIpc) is 3.20. The van der Waals surface area contributed by atoms with Gasteiger partial charge < -0.3 is 9.64 Å². The molecule has 8 heteroatoms. The van der Waals surface area contributed by atoms with E-state index in [4.69, 9.17) is 0 Å². The van der Waals surface area contributed by atoms with E-state index in [1.807, 2.05) is 4.90 Å². The van der Waals surface area contributed by atoms with Crippen LogP contribution in [0.2, 0.25) is 0 Å². The molecule has 1 fully saturated rings. The van der Waals surface area contributed by atoms with Crippen molar-refractivity contribution >= 4 is 23.2 Å². The van der Waals surface area contributed by atoms with Gasteiger partial charge in [0.25, 0.3) is 5.69 Å². The zero-order chi connectivity index (χ0) is 20.1. The molecule has 0 amide bonds. The summed E-state index contributed by atoms with van der Waals surface area (Å²) < 4.78 is 28.5. The van der Waals surface area contributed by atoms with Gasteiger partial charge in [0.15, 0.2) is 5.78 Å². The SMILES string of the molecule is O=C(C=Cc1ccc(N2CCCC2)c([N+](=O)[O-])c1)c1ccc(OC(F)F)cc1. The number of alkyl halides is 2. The fourth-order valence-electron chi connectivity index (χ4n) is 3.08. The van der Waals surface area contributed by atoms with Crippen LogP contribution >= 0.6 is 0 Å². The van der Waals surface area contributed by atoms with E-state index in [1.54, 1.807) is 12.1 Å². The monoisotopic (exact) mass is 388 g/mol. The number of benzene rings is 2. The van der Waals surface area contributed by atoms with Crippen molar-refractivity contribution in [3.8, 4) is 5.75 Å². The Balaban J connectivity index is 1.75. The molecule has 6 nitrogen and oxygen atoms in total. The fraction of sp³-hybridized carbons (Fsp3) is 0.250. The van der Waals surface area contributed by atoms with E-state index in [2.05, 4.69) is 4.74 Å². The van der Waals surface area contributed by atoms with E-state index in [0.717, 1.165) is 25.9 Å². The molecular weight excluding hydrogens is 370 g/mol. The van der Waals surface area contributed by atoms with Crippen molar-refractivity contribution in [1.29, 1.82) is 0 Å². The second-order valence-electron chi connectivity index (χ2n) is 6.30. The lowest BCUT2D eigenvalue weighted by Crippen LogP contribution is -2.18. The number of hydrogen-bond acceptors (Lipinski definition) is 5. The Morgan fingerprint density at radius 3 is 2.43 bits per heavy atom. The van der Waals surface area contributed by atoms with Crippen LogP contribution in [0.1, 0.15) is 28.8 Å². The highest BCUT2D eigenvalue weighted by atomic mass is 19.3. The second kappa shape index (κ2) is 8.60. The highest BCUT2D eigenvalue weighted by Crippen LogP contribution is 2.32. The number of nitrogens with zero attached hydrogens (tertiary/aromatic N) is 2. The predicted octanol–water partition coefficient (Wildman–Crippen LogP) is 4.69. The molecule has 0 aliphatic carbocycles. The lowest BCUT2D eigenvalue weighted by Gasteiger charge is -2.17. The Kier molecular flexibility index (Phi) is 5.98. The third kappa shape index (κ3) is 4.70. The van der Waals surface area contributed by atoms with Gasteiger partial charge in [0.1, 0.15) is 11.4 Å². The minimum absolute atomic E-state index is 0.00463. The van der Waals surface area contributed by atoms with E-state index in [9.17, 15) is 23.7 Å². The standard InChI is InChI=1S/C20H18F2N2O4/c21-20(22)28-16-7-5-15(6-8-16)19(25)10-4-14-3-9-17(18(13-14)24(26)27)23-11-1-2-12-23/h3-10,13,20H,1-2,11-12H2.